The van der Waals surface area contributed by atoms with Gasteiger partial charge in [0, 0.05) is 31.5 Å². The van der Waals surface area contributed by atoms with Crippen molar-refractivity contribution in [3.05, 3.63) is 66.0 Å². The minimum Gasteiger partial charge on any atom is -0.373 e. The summed E-state index contributed by atoms with van der Waals surface area (Å²) in [5.74, 6) is 0. The molecule has 2 aliphatic rings. The Bertz CT molecular complexity index is 635. The summed E-state index contributed by atoms with van der Waals surface area (Å²) in [6, 6.07) is 15.2. The molecule has 1 saturated carbocycles. The maximum absolute atomic E-state index is 6.17. The van der Waals surface area contributed by atoms with Gasteiger partial charge in [-0.2, -0.15) is 0 Å². The number of hydrogen-bond donors (Lipinski definition) is 0. The van der Waals surface area contributed by atoms with E-state index in [4.69, 9.17) is 9.47 Å². The Hall–Kier alpha value is -1.75. The van der Waals surface area contributed by atoms with Gasteiger partial charge in [0.2, 0.25) is 0 Å². The molecule has 0 spiro atoms. The average molecular weight is 324 g/mol. The van der Waals surface area contributed by atoms with E-state index < -0.39 is 0 Å². The molecule has 24 heavy (non-hydrogen) atoms. The molecule has 0 unspecified atom stereocenters. The minimum atomic E-state index is 0.189. The van der Waals surface area contributed by atoms with Gasteiger partial charge < -0.3 is 9.47 Å². The maximum Gasteiger partial charge on any atom is 0.0992 e. The molecule has 1 aromatic heterocycles. The van der Waals surface area contributed by atoms with Crippen molar-refractivity contribution in [3.63, 3.8) is 0 Å². The van der Waals surface area contributed by atoms with E-state index >= 15 is 0 Å². The summed E-state index contributed by atoms with van der Waals surface area (Å²) < 4.78 is 12.3. The van der Waals surface area contributed by atoms with Crippen LogP contribution in [0, 0.1) is 0 Å². The Morgan fingerprint density at radius 2 is 1.96 bits per heavy atom. The van der Waals surface area contributed by atoms with Crippen LogP contribution in [0.15, 0.2) is 54.9 Å². The van der Waals surface area contributed by atoms with Crippen molar-refractivity contribution < 1.29 is 9.47 Å². The van der Waals surface area contributed by atoms with E-state index in [2.05, 4.69) is 46.3 Å². The number of ether oxygens (including phenoxy) is 2. The number of rotatable bonds is 5. The third kappa shape index (κ3) is 3.51. The lowest BCUT2D eigenvalue weighted by molar-refractivity contribution is -0.118. The van der Waals surface area contributed by atoms with E-state index in [-0.39, 0.29) is 12.2 Å². The zero-order valence-corrected chi connectivity index (χ0v) is 13.9. The van der Waals surface area contributed by atoms with Gasteiger partial charge in [0.1, 0.15) is 0 Å². The number of hydrogen-bond acceptors (Lipinski definition) is 4. The van der Waals surface area contributed by atoms with Crippen LogP contribution in [0.4, 0.5) is 0 Å². The van der Waals surface area contributed by atoms with Gasteiger partial charge in [0.15, 0.2) is 0 Å². The molecular formula is C20H24N2O2. The number of nitrogens with zero attached hydrogens (tertiary/aromatic N) is 2. The molecule has 4 nitrogen and oxygen atoms in total. The molecule has 1 aliphatic carbocycles. The first kappa shape index (κ1) is 15.8. The third-order valence-corrected chi connectivity index (χ3v) is 5.07. The van der Waals surface area contributed by atoms with Gasteiger partial charge in [-0.15, -0.1) is 0 Å². The molecule has 0 amide bonds. The summed E-state index contributed by atoms with van der Waals surface area (Å²) in [6.07, 6.45) is 6.26. The van der Waals surface area contributed by atoms with Crippen molar-refractivity contribution in [3.8, 4) is 0 Å². The van der Waals surface area contributed by atoms with E-state index in [9.17, 15) is 0 Å². The van der Waals surface area contributed by atoms with Gasteiger partial charge in [-0.1, -0.05) is 36.4 Å². The minimum absolute atomic E-state index is 0.189. The lowest BCUT2D eigenvalue weighted by Crippen LogP contribution is -2.51. The van der Waals surface area contributed by atoms with Crippen LogP contribution in [-0.2, 0) is 22.6 Å². The molecule has 3 atom stereocenters. The first-order valence-electron chi connectivity index (χ1n) is 8.80. The third-order valence-electron chi connectivity index (χ3n) is 5.07. The lowest BCUT2D eigenvalue weighted by atomic mass is 10.1. The van der Waals surface area contributed by atoms with Gasteiger partial charge in [0.25, 0.3) is 0 Å². The van der Waals surface area contributed by atoms with Crippen LogP contribution in [0.3, 0.4) is 0 Å². The predicted molar refractivity (Wildman–Crippen MR) is 92.4 cm³/mol. The second-order valence-electron chi connectivity index (χ2n) is 6.65. The summed E-state index contributed by atoms with van der Waals surface area (Å²) in [5.41, 5.74) is 2.50. The molecule has 1 aromatic carbocycles. The normalized spacial score (nSPS) is 27.1. The Kier molecular flexibility index (Phi) is 4.88. The molecule has 0 N–H and O–H groups in total. The maximum atomic E-state index is 6.17. The van der Waals surface area contributed by atoms with E-state index in [0.717, 1.165) is 38.1 Å². The average Bonchev–Trinajstić information content (AvgIpc) is 3.06. The van der Waals surface area contributed by atoms with E-state index in [1.807, 2.05) is 12.3 Å². The van der Waals surface area contributed by atoms with Crippen molar-refractivity contribution >= 4 is 0 Å². The fraction of sp³-hybridized carbons (Fsp3) is 0.450. The van der Waals surface area contributed by atoms with Crippen molar-refractivity contribution in [1.82, 2.24) is 9.88 Å². The summed E-state index contributed by atoms with van der Waals surface area (Å²) in [6.45, 7) is 3.41. The largest absolute Gasteiger partial charge is 0.373 e. The summed E-state index contributed by atoms with van der Waals surface area (Å²) in [5, 5.41) is 0. The molecule has 2 heterocycles. The van der Waals surface area contributed by atoms with Crippen LogP contribution in [0.5, 0.6) is 0 Å². The summed E-state index contributed by atoms with van der Waals surface area (Å²) in [7, 11) is 0. The van der Waals surface area contributed by atoms with Crippen molar-refractivity contribution in [2.24, 2.45) is 0 Å². The summed E-state index contributed by atoms with van der Waals surface area (Å²) >= 11 is 0. The standard InChI is InChI=1S/C20H24N2O2/c1-2-5-16(6-3-1)14-22-11-12-23-20-18(22)8-9-19(20)24-15-17-7-4-10-21-13-17/h1-7,10,13,18-20H,8-9,11-12,14-15H2/t18-,19+,20+/m0/s1. The van der Waals surface area contributed by atoms with Gasteiger partial charge in [-0.05, 0) is 30.0 Å². The van der Waals surface area contributed by atoms with Crippen LogP contribution in [0.1, 0.15) is 24.0 Å². The highest BCUT2D eigenvalue weighted by atomic mass is 16.5. The number of aromatic nitrogens is 1. The second-order valence-corrected chi connectivity index (χ2v) is 6.65. The molecular weight excluding hydrogens is 300 g/mol. The van der Waals surface area contributed by atoms with E-state index in [1.54, 1.807) is 6.20 Å². The van der Waals surface area contributed by atoms with Crippen molar-refractivity contribution in [2.45, 2.75) is 44.2 Å². The zero-order chi connectivity index (χ0) is 16.2. The quantitative estimate of drug-likeness (QED) is 0.847. The Balaban J connectivity index is 1.37. The molecule has 4 rings (SSSR count). The van der Waals surface area contributed by atoms with Crippen LogP contribution in [-0.4, -0.2) is 41.3 Å². The Morgan fingerprint density at radius 3 is 2.79 bits per heavy atom. The smallest absolute Gasteiger partial charge is 0.0992 e. The van der Waals surface area contributed by atoms with Gasteiger partial charge in [-0.3, -0.25) is 9.88 Å². The fourth-order valence-corrected chi connectivity index (χ4v) is 3.87. The SMILES string of the molecule is c1ccc(CN2CCO[C@H]3[C@H](OCc4cccnc4)CC[C@@H]32)cc1. The number of pyridine rings is 1. The Labute approximate surface area is 143 Å². The van der Waals surface area contributed by atoms with Gasteiger partial charge in [-0.25, -0.2) is 0 Å². The first-order chi connectivity index (χ1) is 11.9. The Morgan fingerprint density at radius 1 is 1.08 bits per heavy atom. The highest BCUT2D eigenvalue weighted by molar-refractivity contribution is 5.15. The van der Waals surface area contributed by atoms with Crippen LogP contribution in [0.2, 0.25) is 0 Å². The molecule has 4 heteroatoms. The number of morpholine rings is 1. The van der Waals surface area contributed by atoms with Crippen molar-refractivity contribution in [1.29, 1.82) is 0 Å². The first-order valence-corrected chi connectivity index (χ1v) is 8.80. The highest BCUT2D eigenvalue weighted by Crippen LogP contribution is 2.33. The van der Waals surface area contributed by atoms with Crippen molar-refractivity contribution in [2.75, 3.05) is 13.2 Å². The van der Waals surface area contributed by atoms with E-state index in [0.29, 0.717) is 12.6 Å². The van der Waals surface area contributed by atoms with Gasteiger partial charge in [0.05, 0.1) is 25.4 Å². The molecule has 0 radical (unpaired) electrons. The number of benzene rings is 1. The molecule has 126 valence electrons. The van der Waals surface area contributed by atoms with Gasteiger partial charge >= 0.3 is 0 Å². The topological polar surface area (TPSA) is 34.6 Å². The molecule has 1 saturated heterocycles. The zero-order valence-electron chi connectivity index (χ0n) is 13.9. The molecule has 1 aliphatic heterocycles. The number of fused-ring (bicyclic) bond motifs is 1. The summed E-state index contributed by atoms with van der Waals surface area (Å²) in [4.78, 5) is 6.72. The lowest BCUT2D eigenvalue weighted by Gasteiger charge is -2.39. The second kappa shape index (κ2) is 7.43. The molecule has 0 bridgehead atoms. The monoisotopic (exact) mass is 324 g/mol. The highest BCUT2D eigenvalue weighted by Gasteiger charge is 2.43. The van der Waals surface area contributed by atoms with Crippen LogP contribution >= 0.6 is 0 Å². The molecule has 2 aromatic rings. The van der Waals surface area contributed by atoms with Crippen LogP contribution < -0.4 is 0 Å². The fourth-order valence-electron chi connectivity index (χ4n) is 3.87. The predicted octanol–water partition coefficient (Wildman–Crippen LogP) is 3.03. The van der Waals surface area contributed by atoms with E-state index in [1.165, 1.54) is 5.56 Å². The molecule has 2 fully saturated rings. The van der Waals surface area contributed by atoms with Crippen LogP contribution in [0.25, 0.3) is 0 Å².